The third kappa shape index (κ3) is 11.0. The predicted molar refractivity (Wildman–Crippen MR) is 105 cm³/mol. The van der Waals surface area contributed by atoms with E-state index in [1.807, 2.05) is 6.92 Å². The van der Waals surface area contributed by atoms with Crippen LogP contribution in [0, 0.1) is 0 Å². The molecule has 1 amide bonds. The average molecular weight is 488 g/mol. The number of amides is 1. The van der Waals surface area contributed by atoms with Gasteiger partial charge in [0.25, 0.3) is 0 Å². The van der Waals surface area contributed by atoms with Crippen LogP contribution in [0.1, 0.15) is 18.9 Å². The Morgan fingerprint density at radius 1 is 1.15 bits per heavy atom. The Hall–Kier alpha value is -1.72. The van der Waals surface area contributed by atoms with Gasteiger partial charge < -0.3 is 20.7 Å². The summed E-state index contributed by atoms with van der Waals surface area (Å²) in [6, 6.07) is 6.24. The van der Waals surface area contributed by atoms with Crippen molar-refractivity contribution >= 4 is 35.8 Å². The van der Waals surface area contributed by atoms with Crippen LogP contribution in [-0.4, -0.2) is 44.8 Å². The van der Waals surface area contributed by atoms with Gasteiger partial charge in [-0.25, -0.2) is 0 Å². The first kappa shape index (κ1) is 24.3. The van der Waals surface area contributed by atoms with Gasteiger partial charge in [0.15, 0.2) is 12.6 Å². The number of nitrogens with zero attached hydrogens (tertiary/aromatic N) is 1. The Kier molecular flexibility index (Phi) is 11.8. The number of halogens is 4. The van der Waals surface area contributed by atoms with Crippen LogP contribution in [0.5, 0.6) is 5.75 Å². The molecule has 0 fully saturated rings. The number of hydrogen-bond donors (Lipinski definition) is 3. The lowest BCUT2D eigenvalue weighted by molar-refractivity contribution is -0.153. The number of carbonyl (C=O) groups is 1. The largest absolute Gasteiger partial charge is 0.484 e. The number of benzene rings is 1. The van der Waals surface area contributed by atoms with Crippen molar-refractivity contribution in [2.45, 2.75) is 26.1 Å². The highest BCUT2D eigenvalue weighted by molar-refractivity contribution is 14.0. The molecule has 6 nitrogen and oxygen atoms in total. The lowest BCUT2D eigenvalue weighted by atomic mass is 10.2. The quantitative estimate of drug-likeness (QED) is 0.299. The molecule has 148 valence electrons. The molecule has 0 radical (unpaired) electrons. The Morgan fingerprint density at radius 2 is 1.81 bits per heavy atom. The maximum atomic E-state index is 12.1. The first-order valence-corrected chi connectivity index (χ1v) is 7.83. The van der Waals surface area contributed by atoms with Crippen LogP contribution in [0.25, 0.3) is 0 Å². The van der Waals surface area contributed by atoms with Crippen LogP contribution >= 0.6 is 24.0 Å². The summed E-state index contributed by atoms with van der Waals surface area (Å²) in [7, 11) is 1.58. The number of rotatable bonds is 8. The van der Waals surface area contributed by atoms with Crippen molar-refractivity contribution < 1.29 is 22.7 Å². The third-order valence-electron chi connectivity index (χ3n) is 3.00. The van der Waals surface area contributed by atoms with Crippen molar-refractivity contribution in [1.29, 1.82) is 0 Å². The molecule has 10 heteroatoms. The number of nitrogens with one attached hydrogen (secondary N) is 3. The SMILES string of the molecule is CCCNC(=O)CNC(=NC)NCc1ccc(OCC(F)(F)F)cc1.I. The summed E-state index contributed by atoms with van der Waals surface area (Å²) in [5, 5.41) is 8.62. The lowest BCUT2D eigenvalue weighted by Gasteiger charge is -2.13. The van der Waals surface area contributed by atoms with Gasteiger partial charge in [-0.1, -0.05) is 19.1 Å². The number of ether oxygens (including phenoxy) is 1. The Bertz CT molecular complexity index is 566. The number of aliphatic imine (C=N–C) groups is 1. The molecule has 0 saturated heterocycles. The van der Waals surface area contributed by atoms with Crippen LogP contribution in [0.15, 0.2) is 29.3 Å². The first-order chi connectivity index (χ1) is 11.8. The normalized spacial score (nSPS) is 11.3. The number of alkyl halides is 3. The molecule has 0 spiro atoms. The van der Waals surface area contributed by atoms with Gasteiger partial charge in [0.1, 0.15) is 5.75 Å². The highest BCUT2D eigenvalue weighted by Gasteiger charge is 2.28. The molecule has 0 aromatic heterocycles. The van der Waals surface area contributed by atoms with Crippen molar-refractivity contribution in [2.75, 3.05) is 26.7 Å². The van der Waals surface area contributed by atoms with Crippen molar-refractivity contribution in [1.82, 2.24) is 16.0 Å². The van der Waals surface area contributed by atoms with Gasteiger partial charge in [0, 0.05) is 20.1 Å². The Morgan fingerprint density at radius 3 is 2.35 bits per heavy atom. The van der Waals surface area contributed by atoms with Gasteiger partial charge in [-0.3, -0.25) is 9.79 Å². The molecule has 0 atom stereocenters. The van der Waals surface area contributed by atoms with E-state index in [0.717, 1.165) is 12.0 Å². The Balaban J connectivity index is 0.00000625. The minimum absolute atomic E-state index is 0. The summed E-state index contributed by atoms with van der Waals surface area (Å²) in [4.78, 5) is 15.5. The molecule has 1 aromatic rings. The van der Waals surface area contributed by atoms with E-state index >= 15 is 0 Å². The molecule has 3 N–H and O–H groups in total. The maximum Gasteiger partial charge on any atom is 0.422 e. The number of hydrogen-bond acceptors (Lipinski definition) is 3. The van der Waals surface area contributed by atoms with E-state index in [1.54, 1.807) is 19.2 Å². The second-order valence-electron chi connectivity index (χ2n) is 5.18. The van der Waals surface area contributed by atoms with E-state index in [2.05, 4.69) is 25.7 Å². The van der Waals surface area contributed by atoms with Gasteiger partial charge in [-0.2, -0.15) is 13.2 Å². The van der Waals surface area contributed by atoms with E-state index in [0.29, 0.717) is 19.0 Å². The molecular weight excluding hydrogens is 464 g/mol. The average Bonchev–Trinajstić information content (AvgIpc) is 2.58. The molecule has 1 aromatic carbocycles. The van der Waals surface area contributed by atoms with Crippen molar-refractivity contribution in [3.8, 4) is 5.75 Å². The fourth-order valence-electron chi connectivity index (χ4n) is 1.77. The van der Waals surface area contributed by atoms with E-state index in [4.69, 9.17) is 0 Å². The minimum atomic E-state index is -4.36. The summed E-state index contributed by atoms with van der Waals surface area (Å²) in [6.45, 7) is 1.77. The van der Waals surface area contributed by atoms with E-state index in [1.165, 1.54) is 12.1 Å². The molecule has 0 aliphatic heterocycles. The highest BCUT2D eigenvalue weighted by Crippen LogP contribution is 2.18. The zero-order chi connectivity index (χ0) is 18.7. The third-order valence-corrected chi connectivity index (χ3v) is 3.00. The summed E-state index contributed by atoms with van der Waals surface area (Å²) in [6.07, 6.45) is -3.50. The van der Waals surface area contributed by atoms with Gasteiger partial charge >= 0.3 is 6.18 Å². The van der Waals surface area contributed by atoms with Crippen LogP contribution in [0.2, 0.25) is 0 Å². The summed E-state index contributed by atoms with van der Waals surface area (Å²) < 4.78 is 40.9. The van der Waals surface area contributed by atoms with Crippen molar-refractivity contribution in [2.24, 2.45) is 4.99 Å². The maximum absolute atomic E-state index is 12.1. The van der Waals surface area contributed by atoms with Gasteiger partial charge in [-0.15, -0.1) is 24.0 Å². The van der Waals surface area contributed by atoms with Crippen molar-refractivity contribution in [3.63, 3.8) is 0 Å². The van der Waals surface area contributed by atoms with Crippen LogP contribution in [0.3, 0.4) is 0 Å². The van der Waals surface area contributed by atoms with E-state index in [-0.39, 0.29) is 42.2 Å². The van der Waals surface area contributed by atoms with Gasteiger partial charge in [0.05, 0.1) is 6.54 Å². The predicted octanol–water partition coefficient (Wildman–Crippen LogP) is 2.44. The zero-order valence-electron chi connectivity index (χ0n) is 14.7. The highest BCUT2D eigenvalue weighted by atomic mass is 127. The lowest BCUT2D eigenvalue weighted by Crippen LogP contribution is -2.43. The smallest absolute Gasteiger partial charge is 0.422 e. The summed E-state index contributed by atoms with van der Waals surface area (Å²) >= 11 is 0. The van der Waals surface area contributed by atoms with Crippen LogP contribution in [0.4, 0.5) is 13.2 Å². The minimum Gasteiger partial charge on any atom is -0.484 e. The first-order valence-electron chi connectivity index (χ1n) is 7.83. The molecule has 0 aliphatic carbocycles. The fourth-order valence-corrected chi connectivity index (χ4v) is 1.77. The monoisotopic (exact) mass is 488 g/mol. The second-order valence-corrected chi connectivity index (χ2v) is 5.18. The van der Waals surface area contributed by atoms with Crippen LogP contribution < -0.4 is 20.7 Å². The van der Waals surface area contributed by atoms with E-state index < -0.39 is 12.8 Å². The zero-order valence-corrected chi connectivity index (χ0v) is 17.0. The van der Waals surface area contributed by atoms with Crippen molar-refractivity contribution in [3.05, 3.63) is 29.8 Å². The second kappa shape index (κ2) is 12.6. The molecule has 0 bridgehead atoms. The Labute approximate surface area is 168 Å². The molecule has 0 aliphatic rings. The summed E-state index contributed by atoms with van der Waals surface area (Å²) in [5.41, 5.74) is 0.831. The summed E-state index contributed by atoms with van der Waals surface area (Å²) in [5.74, 6) is 0.469. The van der Waals surface area contributed by atoms with Crippen LogP contribution in [-0.2, 0) is 11.3 Å². The van der Waals surface area contributed by atoms with Gasteiger partial charge in [-0.05, 0) is 24.1 Å². The van der Waals surface area contributed by atoms with E-state index in [9.17, 15) is 18.0 Å². The molecular formula is C16H24F3IN4O2. The molecule has 0 unspecified atom stereocenters. The van der Waals surface area contributed by atoms with Gasteiger partial charge in [0.2, 0.25) is 5.91 Å². The molecule has 0 heterocycles. The standard InChI is InChI=1S/C16H23F3N4O2.HI/c1-3-8-21-14(24)10-23-15(20-2)22-9-12-4-6-13(7-5-12)25-11-16(17,18)19;/h4-7H,3,8-11H2,1-2H3,(H,21,24)(H2,20,22,23);1H. The number of carbonyl (C=O) groups excluding carboxylic acids is 1. The molecule has 0 saturated carbocycles. The topological polar surface area (TPSA) is 74.8 Å². The fraction of sp³-hybridized carbons (Fsp3) is 0.500. The molecule has 1 rings (SSSR count). The number of guanidine groups is 1. The molecule has 26 heavy (non-hydrogen) atoms.